The molecule has 6 nitrogen and oxygen atoms in total. The molecule has 7 heteroatoms. The quantitative estimate of drug-likeness (QED) is 0.758. The summed E-state index contributed by atoms with van der Waals surface area (Å²) in [4.78, 5) is 38.2. The van der Waals surface area contributed by atoms with Gasteiger partial charge in [0.2, 0.25) is 11.8 Å². The number of carboxylic acid groups (broad SMARTS) is 1. The number of nitrogens with one attached hydrogen (secondary N) is 1. The summed E-state index contributed by atoms with van der Waals surface area (Å²) in [7, 11) is 0. The van der Waals surface area contributed by atoms with E-state index in [1.165, 1.54) is 11.3 Å². The number of rotatable bonds is 7. The number of thiophene rings is 1. The molecule has 0 spiro atoms. The van der Waals surface area contributed by atoms with Gasteiger partial charge in [-0.05, 0) is 48.6 Å². The second-order valence-corrected chi connectivity index (χ2v) is 7.69. The van der Waals surface area contributed by atoms with E-state index < -0.39 is 5.97 Å². The summed E-state index contributed by atoms with van der Waals surface area (Å²) in [5.74, 6) is -1.36. The zero-order valence-electron chi connectivity index (χ0n) is 15.1. The lowest BCUT2D eigenvalue weighted by Gasteiger charge is -2.19. The molecule has 0 bridgehead atoms. The lowest BCUT2D eigenvalue weighted by molar-refractivity contribution is -0.137. The Morgan fingerprint density at radius 1 is 1.30 bits per heavy atom. The highest BCUT2D eigenvalue weighted by Gasteiger charge is 2.23. The number of nitrogens with zero attached hydrogens (tertiary/aromatic N) is 1. The smallest absolute Gasteiger partial charge is 0.304 e. The molecule has 1 aliphatic heterocycles. The zero-order chi connectivity index (χ0) is 19.4. The molecule has 1 aromatic heterocycles. The van der Waals surface area contributed by atoms with Gasteiger partial charge in [-0.2, -0.15) is 0 Å². The summed E-state index contributed by atoms with van der Waals surface area (Å²) >= 11 is 1.46. The van der Waals surface area contributed by atoms with E-state index in [2.05, 4.69) is 5.32 Å². The Morgan fingerprint density at radius 2 is 2.11 bits per heavy atom. The Balaban J connectivity index is 1.67. The fourth-order valence-electron chi connectivity index (χ4n) is 3.38. The molecule has 142 valence electrons. The Hall–Kier alpha value is -2.67. The number of aryl methyl sites for hydroxylation is 1. The molecule has 2 N–H and O–H groups in total. The molecular weight excluding hydrogens is 364 g/mol. The van der Waals surface area contributed by atoms with Gasteiger partial charge in [-0.1, -0.05) is 6.07 Å². The summed E-state index contributed by atoms with van der Waals surface area (Å²) in [5, 5.41) is 13.8. The zero-order valence-corrected chi connectivity index (χ0v) is 15.9. The Bertz CT molecular complexity index is 848. The second-order valence-electron chi connectivity index (χ2n) is 6.71. The van der Waals surface area contributed by atoms with Gasteiger partial charge in [-0.3, -0.25) is 14.4 Å². The molecule has 1 atom stereocenters. The maximum Gasteiger partial charge on any atom is 0.304 e. The molecule has 1 fully saturated rings. The highest BCUT2D eigenvalue weighted by Crippen LogP contribution is 2.30. The van der Waals surface area contributed by atoms with Crippen molar-refractivity contribution in [2.24, 2.45) is 0 Å². The molecule has 1 saturated heterocycles. The molecule has 0 saturated carbocycles. The highest BCUT2D eigenvalue weighted by molar-refractivity contribution is 7.10. The third kappa shape index (κ3) is 4.74. The summed E-state index contributed by atoms with van der Waals surface area (Å²) < 4.78 is 0. The molecule has 0 aliphatic carbocycles. The van der Waals surface area contributed by atoms with Crippen molar-refractivity contribution in [1.82, 2.24) is 0 Å². The average molecular weight is 386 g/mol. The number of aliphatic carboxylic acids is 1. The maximum absolute atomic E-state index is 12.4. The third-order valence-corrected chi connectivity index (χ3v) is 5.68. The van der Waals surface area contributed by atoms with Crippen LogP contribution in [0.15, 0.2) is 35.7 Å². The van der Waals surface area contributed by atoms with Crippen molar-refractivity contribution in [3.63, 3.8) is 0 Å². The molecule has 0 radical (unpaired) electrons. The van der Waals surface area contributed by atoms with E-state index in [0.717, 1.165) is 29.1 Å². The monoisotopic (exact) mass is 386 g/mol. The predicted octanol–water partition coefficient (Wildman–Crippen LogP) is 3.77. The number of carboxylic acids is 1. The lowest BCUT2D eigenvalue weighted by Crippen LogP contribution is -2.24. The highest BCUT2D eigenvalue weighted by atomic mass is 32.1. The van der Waals surface area contributed by atoms with E-state index in [1.807, 2.05) is 36.6 Å². The molecule has 3 rings (SSSR count). The molecule has 2 amide bonds. The number of carbonyl (C=O) groups is 3. The first-order chi connectivity index (χ1) is 12.9. The Morgan fingerprint density at radius 3 is 2.70 bits per heavy atom. The third-order valence-electron chi connectivity index (χ3n) is 4.64. The van der Waals surface area contributed by atoms with E-state index in [4.69, 9.17) is 5.11 Å². The van der Waals surface area contributed by atoms with Crippen LogP contribution in [0.3, 0.4) is 0 Å². The minimum Gasteiger partial charge on any atom is -0.481 e. The van der Waals surface area contributed by atoms with Gasteiger partial charge in [0.15, 0.2) is 0 Å². The molecule has 1 unspecified atom stereocenters. The van der Waals surface area contributed by atoms with Crippen molar-refractivity contribution in [2.45, 2.75) is 38.5 Å². The molecule has 2 heterocycles. The van der Waals surface area contributed by atoms with Crippen LogP contribution in [0.1, 0.15) is 42.0 Å². The van der Waals surface area contributed by atoms with Gasteiger partial charge in [-0.25, -0.2) is 0 Å². The average Bonchev–Trinajstić information content (AvgIpc) is 3.26. The topological polar surface area (TPSA) is 86.7 Å². The largest absolute Gasteiger partial charge is 0.481 e. The number of hydrogen-bond donors (Lipinski definition) is 2. The molecule has 1 aromatic carbocycles. The van der Waals surface area contributed by atoms with Gasteiger partial charge < -0.3 is 15.3 Å². The van der Waals surface area contributed by atoms with Crippen LogP contribution in [0.25, 0.3) is 0 Å². The normalized spacial score (nSPS) is 15.0. The summed E-state index contributed by atoms with van der Waals surface area (Å²) in [6.07, 6.45) is 1.47. The van der Waals surface area contributed by atoms with Crippen LogP contribution in [0.5, 0.6) is 0 Å². The van der Waals surface area contributed by atoms with E-state index in [9.17, 15) is 14.4 Å². The minimum absolute atomic E-state index is 0.0804. The molecule has 1 aliphatic rings. The standard InChI is InChI=1S/C20H22N2O4S/c1-13-10-15(6-7-16(13)22-8-2-5-19(22)24)21-18(23)11-14(12-20(25)26)17-4-3-9-27-17/h3-4,6-7,9-10,14H,2,5,8,11-12H2,1H3,(H,21,23)(H,25,26). The van der Waals surface area contributed by atoms with Crippen LogP contribution >= 0.6 is 11.3 Å². The number of carbonyl (C=O) groups excluding carboxylic acids is 2. The van der Waals surface area contributed by atoms with Crippen molar-refractivity contribution in [3.8, 4) is 0 Å². The van der Waals surface area contributed by atoms with Crippen molar-refractivity contribution in [2.75, 3.05) is 16.8 Å². The first kappa shape index (κ1) is 19.1. The van der Waals surface area contributed by atoms with Gasteiger partial charge in [-0.15, -0.1) is 11.3 Å². The Labute approximate surface area is 161 Å². The lowest BCUT2D eigenvalue weighted by atomic mass is 9.99. The predicted molar refractivity (Wildman–Crippen MR) is 105 cm³/mol. The van der Waals surface area contributed by atoms with Crippen molar-refractivity contribution < 1.29 is 19.5 Å². The second kappa shape index (κ2) is 8.35. The van der Waals surface area contributed by atoms with Gasteiger partial charge >= 0.3 is 5.97 Å². The van der Waals surface area contributed by atoms with Gasteiger partial charge in [0.25, 0.3) is 0 Å². The first-order valence-corrected chi connectivity index (χ1v) is 9.78. The molecule has 2 aromatic rings. The number of amides is 2. The summed E-state index contributed by atoms with van der Waals surface area (Å²) in [6.45, 7) is 2.64. The number of hydrogen-bond acceptors (Lipinski definition) is 4. The van der Waals surface area contributed by atoms with E-state index in [-0.39, 0.29) is 30.6 Å². The molecule has 27 heavy (non-hydrogen) atoms. The number of anilines is 2. The van der Waals surface area contributed by atoms with E-state index >= 15 is 0 Å². The maximum atomic E-state index is 12.4. The van der Waals surface area contributed by atoms with Crippen LogP contribution in [0.4, 0.5) is 11.4 Å². The fourth-order valence-corrected chi connectivity index (χ4v) is 4.21. The van der Waals surface area contributed by atoms with Crippen molar-refractivity contribution in [1.29, 1.82) is 0 Å². The summed E-state index contributed by atoms with van der Waals surface area (Å²) in [5.41, 5.74) is 2.44. The van der Waals surface area contributed by atoms with Crippen LogP contribution in [0.2, 0.25) is 0 Å². The summed E-state index contributed by atoms with van der Waals surface area (Å²) in [6, 6.07) is 9.19. The van der Waals surface area contributed by atoms with Gasteiger partial charge in [0.05, 0.1) is 6.42 Å². The van der Waals surface area contributed by atoms with Crippen molar-refractivity contribution >= 4 is 40.5 Å². The SMILES string of the molecule is Cc1cc(NC(=O)CC(CC(=O)O)c2cccs2)ccc1N1CCCC1=O. The molecular formula is C20H22N2O4S. The fraction of sp³-hybridized carbons (Fsp3) is 0.350. The van der Waals surface area contributed by atoms with E-state index in [0.29, 0.717) is 12.1 Å². The number of benzene rings is 1. The first-order valence-electron chi connectivity index (χ1n) is 8.90. The van der Waals surface area contributed by atoms with Gasteiger partial charge in [0.1, 0.15) is 0 Å². The van der Waals surface area contributed by atoms with Gasteiger partial charge in [0, 0.05) is 41.6 Å². The Kier molecular flexibility index (Phi) is 5.91. The van der Waals surface area contributed by atoms with Crippen molar-refractivity contribution in [3.05, 3.63) is 46.2 Å². The minimum atomic E-state index is -0.920. The van der Waals surface area contributed by atoms with E-state index in [1.54, 1.807) is 11.0 Å². The van der Waals surface area contributed by atoms with Crippen LogP contribution in [0, 0.1) is 6.92 Å². The van der Waals surface area contributed by atoms with Crippen LogP contribution < -0.4 is 10.2 Å². The van der Waals surface area contributed by atoms with Crippen LogP contribution in [-0.2, 0) is 14.4 Å². The van der Waals surface area contributed by atoms with Crippen LogP contribution in [-0.4, -0.2) is 29.4 Å².